The number of hydrogen-bond donors (Lipinski definition) is 2. The van der Waals surface area contributed by atoms with Gasteiger partial charge in [0.2, 0.25) is 17.6 Å². The number of benzene rings is 2. The number of tetrazole rings is 1. The van der Waals surface area contributed by atoms with E-state index in [4.69, 9.17) is 9.47 Å². The molecule has 224 valence electrons. The largest absolute Gasteiger partial charge is 0.497 e. The summed E-state index contributed by atoms with van der Waals surface area (Å²) in [5.41, 5.74) is 1.29. The predicted octanol–water partition coefficient (Wildman–Crippen LogP) is 1.42. The molecular weight excluding hydrogens is 541 g/mol. The highest BCUT2D eigenvalue weighted by Crippen LogP contribution is 2.25. The lowest BCUT2D eigenvalue weighted by molar-refractivity contribution is -0.907. The number of nitrogens with zero attached hydrogens (tertiary/aromatic N) is 5. The van der Waals surface area contributed by atoms with Crippen molar-refractivity contribution in [2.45, 2.75) is 50.7 Å². The monoisotopic (exact) mass is 580 g/mol. The zero-order valence-electron chi connectivity index (χ0n) is 24.0. The Morgan fingerprint density at radius 2 is 1.81 bits per heavy atom. The number of methoxy groups -OCH3 is 1. The number of amides is 2. The van der Waals surface area contributed by atoms with E-state index in [0.29, 0.717) is 43.4 Å². The Kier molecular flexibility index (Phi) is 10.1. The van der Waals surface area contributed by atoms with Gasteiger partial charge in [0.25, 0.3) is 0 Å². The van der Waals surface area contributed by atoms with Crippen molar-refractivity contribution in [1.29, 1.82) is 0 Å². The van der Waals surface area contributed by atoms with Gasteiger partial charge in [-0.2, -0.15) is 4.80 Å². The highest BCUT2D eigenvalue weighted by Gasteiger charge is 2.34. The molecule has 11 nitrogen and oxygen atoms in total. The molecule has 12 heteroatoms. The number of quaternary nitrogens is 1. The molecule has 1 atom stereocenters. The fourth-order valence-electron chi connectivity index (χ4n) is 5.61. The second kappa shape index (κ2) is 14.3. The summed E-state index contributed by atoms with van der Waals surface area (Å²) >= 11 is 0. The molecule has 3 aromatic rings. The Bertz CT molecular complexity index is 1310. The van der Waals surface area contributed by atoms with E-state index in [1.54, 1.807) is 36.3 Å². The topological polar surface area (TPSA) is 116 Å². The number of carbonyl (C=O) groups excluding carboxylic acids is 2. The first-order chi connectivity index (χ1) is 20.5. The molecule has 1 unspecified atom stereocenters. The third-order valence-electron chi connectivity index (χ3n) is 8.00. The maximum Gasteiger partial charge on any atom is 0.247 e. The molecule has 0 radical (unpaired) electrons. The fraction of sp³-hybridized carbons (Fsp3) is 0.500. The Balaban J connectivity index is 1.39. The van der Waals surface area contributed by atoms with Crippen molar-refractivity contribution in [1.82, 2.24) is 30.4 Å². The second-order valence-electron chi connectivity index (χ2n) is 10.9. The third kappa shape index (κ3) is 7.68. The van der Waals surface area contributed by atoms with Crippen LogP contribution in [-0.4, -0.2) is 89.5 Å². The smallest absolute Gasteiger partial charge is 0.247 e. The summed E-state index contributed by atoms with van der Waals surface area (Å²) in [6.45, 7) is 3.74. The number of ether oxygens (including phenoxy) is 2. The van der Waals surface area contributed by atoms with Crippen LogP contribution < -0.4 is 15.0 Å². The number of aromatic nitrogens is 4. The minimum Gasteiger partial charge on any atom is -0.497 e. The first-order valence-corrected chi connectivity index (χ1v) is 14.7. The molecule has 1 saturated carbocycles. The van der Waals surface area contributed by atoms with Crippen molar-refractivity contribution in [3.05, 3.63) is 59.9 Å². The van der Waals surface area contributed by atoms with Gasteiger partial charge in [-0.1, -0.05) is 31.4 Å². The van der Waals surface area contributed by atoms with Crippen molar-refractivity contribution < 1.29 is 28.4 Å². The Labute approximate surface area is 245 Å². The number of rotatable bonds is 11. The van der Waals surface area contributed by atoms with E-state index in [1.807, 2.05) is 12.1 Å². The zero-order chi connectivity index (χ0) is 29.3. The Morgan fingerprint density at radius 3 is 2.50 bits per heavy atom. The van der Waals surface area contributed by atoms with E-state index in [0.717, 1.165) is 50.8 Å². The van der Waals surface area contributed by atoms with Gasteiger partial charge in [0, 0.05) is 11.6 Å². The van der Waals surface area contributed by atoms with Crippen molar-refractivity contribution in [2.75, 3.05) is 46.5 Å². The number of carbonyl (C=O) groups is 2. The van der Waals surface area contributed by atoms with Crippen LogP contribution in [0.15, 0.2) is 48.5 Å². The Hall–Kier alpha value is -3.90. The van der Waals surface area contributed by atoms with Crippen LogP contribution in [0.4, 0.5) is 4.39 Å². The summed E-state index contributed by atoms with van der Waals surface area (Å²) in [5.74, 6) is 0.0926. The van der Waals surface area contributed by atoms with Gasteiger partial charge >= 0.3 is 0 Å². The van der Waals surface area contributed by atoms with E-state index in [1.165, 1.54) is 21.8 Å². The van der Waals surface area contributed by atoms with E-state index in [-0.39, 0.29) is 24.4 Å². The number of halogens is 1. The molecule has 2 aromatic carbocycles. The van der Waals surface area contributed by atoms with Crippen LogP contribution in [0, 0.1) is 5.82 Å². The van der Waals surface area contributed by atoms with E-state index in [2.05, 4.69) is 20.7 Å². The summed E-state index contributed by atoms with van der Waals surface area (Å²) < 4.78 is 24.6. The Morgan fingerprint density at radius 1 is 1.10 bits per heavy atom. The van der Waals surface area contributed by atoms with Gasteiger partial charge < -0.3 is 24.6 Å². The first-order valence-electron chi connectivity index (χ1n) is 14.7. The molecular formula is C30H39FN7O4+. The number of nitrogens with one attached hydrogen (secondary N) is 2. The highest BCUT2D eigenvalue weighted by atomic mass is 19.1. The lowest BCUT2D eigenvalue weighted by atomic mass is 9.94. The van der Waals surface area contributed by atoms with Crippen molar-refractivity contribution in [2.24, 2.45) is 0 Å². The molecule has 1 aliphatic carbocycles. The van der Waals surface area contributed by atoms with E-state index >= 15 is 0 Å². The highest BCUT2D eigenvalue weighted by molar-refractivity contribution is 5.89. The lowest BCUT2D eigenvalue weighted by Gasteiger charge is -2.34. The van der Waals surface area contributed by atoms with Crippen LogP contribution in [0.5, 0.6) is 5.75 Å². The third-order valence-corrected chi connectivity index (χ3v) is 8.00. The van der Waals surface area contributed by atoms with Gasteiger partial charge in [0.15, 0.2) is 0 Å². The van der Waals surface area contributed by atoms with Crippen LogP contribution in [0.2, 0.25) is 0 Å². The van der Waals surface area contributed by atoms with Gasteiger partial charge in [-0.25, -0.2) is 4.39 Å². The van der Waals surface area contributed by atoms with Crippen LogP contribution >= 0.6 is 0 Å². The normalized spacial score (nSPS) is 17.0. The second-order valence-corrected chi connectivity index (χ2v) is 10.9. The number of morpholine rings is 1. The molecule has 1 saturated heterocycles. The molecule has 1 aromatic heterocycles. The average molecular weight is 581 g/mol. The summed E-state index contributed by atoms with van der Waals surface area (Å²) in [6, 6.07) is 12.2. The summed E-state index contributed by atoms with van der Waals surface area (Å²) in [7, 11) is 1.59. The molecule has 0 spiro atoms. The molecule has 2 heterocycles. The van der Waals surface area contributed by atoms with Gasteiger partial charge in [0.1, 0.15) is 37.2 Å². The van der Waals surface area contributed by atoms with Crippen LogP contribution in [0.25, 0.3) is 11.4 Å². The van der Waals surface area contributed by atoms with E-state index in [9.17, 15) is 14.0 Å². The number of hydrogen-bond acceptors (Lipinski definition) is 7. The van der Waals surface area contributed by atoms with Gasteiger partial charge in [-0.15, -0.1) is 10.2 Å². The summed E-state index contributed by atoms with van der Waals surface area (Å²) in [6.07, 6.45) is 5.09. The predicted molar refractivity (Wildman–Crippen MR) is 152 cm³/mol. The minimum absolute atomic E-state index is 0.0556. The first kappa shape index (κ1) is 29.6. The molecule has 2 amide bonds. The molecule has 1 aliphatic heterocycles. The molecule has 2 aliphatic rings. The lowest BCUT2D eigenvalue weighted by Crippen LogP contribution is -3.14. The van der Waals surface area contributed by atoms with Crippen molar-refractivity contribution in [3.63, 3.8) is 0 Å². The maximum atomic E-state index is 14.0. The van der Waals surface area contributed by atoms with Gasteiger partial charge in [-0.3, -0.25) is 9.59 Å². The SMILES string of the molecule is COc1ccc(-c2nnn(CC(=O)N(CC[NH+]3CCOCC3)C(C(=O)NC3CCCCC3)c3ccc(F)cc3)n2)cc1. The van der Waals surface area contributed by atoms with E-state index < -0.39 is 11.9 Å². The minimum atomic E-state index is -0.926. The summed E-state index contributed by atoms with van der Waals surface area (Å²) in [5, 5.41) is 15.9. The standard InChI is InChI=1S/C30H38FN7O4/c1-41-26-13-9-23(10-14-26)29-33-35-38(34-29)21-27(39)37(16-15-36-17-19-42-20-18-36)28(22-7-11-24(31)12-8-22)30(40)32-25-5-3-2-4-6-25/h7-14,25,28H,2-6,15-21H2,1H3,(H,32,40)/p+1. The summed E-state index contributed by atoms with van der Waals surface area (Å²) in [4.78, 5) is 32.0. The van der Waals surface area contributed by atoms with Crippen LogP contribution in [0.3, 0.4) is 0 Å². The molecule has 5 rings (SSSR count). The average Bonchev–Trinajstić information content (AvgIpc) is 3.49. The molecule has 0 bridgehead atoms. The van der Waals surface area contributed by atoms with Gasteiger partial charge in [-0.05, 0) is 60.0 Å². The molecule has 42 heavy (non-hydrogen) atoms. The fourth-order valence-corrected chi connectivity index (χ4v) is 5.61. The zero-order valence-corrected chi connectivity index (χ0v) is 24.0. The molecule has 2 fully saturated rings. The van der Waals surface area contributed by atoms with Gasteiger partial charge in [0.05, 0.1) is 33.4 Å². The van der Waals surface area contributed by atoms with Crippen LogP contribution in [-0.2, 0) is 20.9 Å². The van der Waals surface area contributed by atoms with Crippen molar-refractivity contribution in [3.8, 4) is 17.1 Å². The molecule has 2 N–H and O–H groups in total. The van der Waals surface area contributed by atoms with Crippen LogP contribution in [0.1, 0.15) is 43.7 Å². The maximum absolute atomic E-state index is 14.0. The van der Waals surface area contributed by atoms with Crippen molar-refractivity contribution >= 4 is 11.8 Å². The quantitative estimate of drug-likeness (QED) is 0.353.